The fraction of sp³-hybridized carbons (Fsp3) is 0. The van der Waals surface area contributed by atoms with Gasteiger partial charge in [0, 0.05) is 5.56 Å². The predicted molar refractivity (Wildman–Crippen MR) is 83.9 cm³/mol. The Morgan fingerprint density at radius 1 is 0.900 bits per heavy atom. The van der Waals surface area contributed by atoms with Crippen LogP contribution in [0, 0.1) is 0 Å². The molecular weight excluding hydrogens is 293 g/mol. The summed E-state index contributed by atoms with van der Waals surface area (Å²) in [5, 5.41) is 8.07. The second kappa shape index (κ2) is 5.19. The molecule has 0 unspecified atom stereocenters. The van der Waals surface area contributed by atoms with Crippen molar-refractivity contribution >= 4 is 29.0 Å². The maximum absolute atomic E-state index is 6.08. The molecule has 0 aliphatic carbocycles. The highest BCUT2D eigenvalue weighted by atomic mass is 35.5. The summed E-state index contributed by atoms with van der Waals surface area (Å²) >= 11 is 12.0. The van der Waals surface area contributed by atoms with Gasteiger partial charge in [-0.1, -0.05) is 59.6 Å². The van der Waals surface area contributed by atoms with E-state index in [-0.39, 0.29) is 0 Å². The Kier molecular flexibility index (Phi) is 3.38. The fourth-order valence-electron chi connectivity index (χ4n) is 2.11. The maximum Gasteiger partial charge on any atom is 0.153 e. The van der Waals surface area contributed by atoms with Gasteiger partial charge < -0.3 is 5.73 Å². The van der Waals surface area contributed by atoms with Gasteiger partial charge >= 0.3 is 0 Å². The van der Waals surface area contributed by atoms with Crippen molar-refractivity contribution in [1.29, 1.82) is 0 Å². The lowest BCUT2D eigenvalue weighted by atomic mass is 10.0. The highest BCUT2D eigenvalue weighted by Crippen LogP contribution is 2.37. The molecule has 0 fully saturated rings. The van der Waals surface area contributed by atoms with Crippen LogP contribution in [0.5, 0.6) is 0 Å². The molecule has 0 amide bonds. The van der Waals surface area contributed by atoms with Crippen LogP contribution in [0.1, 0.15) is 0 Å². The van der Waals surface area contributed by atoms with E-state index in [0.29, 0.717) is 15.9 Å². The number of nitrogens with zero attached hydrogens (tertiary/aromatic N) is 1. The smallest absolute Gasteiger partial charge is 0.153 e. The van der Waals surface area contributed by atoms with Crippen LogP contribution in [0.25, 0.3) is 22.4 Å². The lowest BCUT2D eigenvalue weighted by molar-refractivity contribution is 1.10. The van der Waals surface area contributed by atoms with Crippen LogP contribution in [0.4, 0.5) is 5.82 Å². The molecule has 1 aromatic heterocycles. The van der Waals surface area contributed by atoms with Crippen LogP contribution in [-0.2, 0) is 0 Å². The second-order valence-electron chi connectivity index (χ2n) is 4.35. The van der Waals surface area contributed by atoms with Crippen molar-refractivity contribution in [2.75, 3.05) is 5.73 Å². The fourth-order valence-corrected chi connectivity index (χ4v) is 2.41. The number of nitrogen functional groups attached to an aromatic ring is 1. The predicted octanol–water partition coefficient (Wildman–Crippen LogP) is 4.63. The first-order valence-electron chi connectivity index (χ1n) is 6.01. The van der Waals surface area contributed by atoms with E-state index in [4.69, 9.17) is 28.9 Å². The van der Waals surface area contributed by atoms with E-state index in [0.717, 1.165) is 22.4 Å². The zero-order valence-electron chi connectivity index (χ0n) is 10.4. The minimum atomic E-state index is 0.433. The Hall–Kier alpha value is -1.97. The van der Waals surface area contributed by atoms with E-state index in [2.05, 4.69) is 10.2 Å². The van der Waals surface area contributed by atoms with Crippen molar-refractivity contribution in [1.82, 2.24) is 10.2 Å². The lowest BCUT2D eigenvalue weighted by Gasteiger charge is -2.06. The van der Waals surface area contributed by atoms with Gasteiger partial charge in [-0.25, -0.2) is 0 Å². The normalized spacial score (nSPS) is 10.7. The van der Waals surface area contributed by atoms with Crippen LogP contribution in [0.15, 0.2) is 48.5 Å². The summed E-state index contributed by atoms with van der Waals surface area (Å²) in [5.74, 6) is 0.433. The van der Waals surface area contributed by atoms with E-state index in [1.165, 1.54) is 0 Å². The van der Waals surface area contributed by atoms with Crippen molar-refractivity contribution in [2.45, 2.75) is 0 Å². The highest BCUT2D eigenvalue weighted by Gasteiger charge is 2.15. The molecule has 100 valence electrons. The van der Waals surface area contributed by atoms with E-state index in [1.807, 2.05) is 36.4 Å². The SMILES string of the molecule is Nc1n[nH]c(-c2ccccc2)c1-c1ccc(Cl)c(Cl)c1. The molecular formula is C15H11Cl2N3. The van der Waals surface area contributed by atoms with Gasteiger partial charge in [0.05, 0.1) is 21.3 Å². The van der Waals surface area contributed by atoms with E-state index < -0.39 is 0 Å². The van der Waals surface area contributed by atoms with Crippen molar-refractivity contribution in [3.8, 4) is 22.4 Å². The summed E-state index contributed by atoms with van der Waals surface area (Å²) in [6, 6.07) is 15.3. The van der Waals surface area contributed by atoms with Gasteiger partial charge in [-0.05, 0) is 17.7 Å². The van der Waals surface area contributed by atoms with E-state index in [1.54, 1.807) is 12.1 Å². The number of aromatic nitrogens is 2. The summed E-state index contributed by atoms with van der Waals surface area (Å²) < 4.78 is 0. The molecule has 0 radical (unpaired) electrons. The van der Waals surface area contributed by atoms with Gasteiger partial charge in [-0.15, -0.1) is 0 Å². The second-order valence-corrected chi connectivity index (χ2v) is 5.17. The Balaban J connectivity index is 2.19. The summed E-state index contributed by atoms with van der Waals surface area (Å²) in [6.07, 6.45) is 0. The number of halogens is 2. The number of rotatable bonds is 2. The average Bonchev–Trinajstić information content (AvgIpc) is 2.85. The van der Waals surface area contributed by atoms with Gasteiger partial charge in [-0.2, -0.15) is 5.10 Å². The summed E-state index contributed by atoms with van der Waals surface area (Å²) in [4.78, 5) is 0. The summed E-state index contributed by atoms with van der Waals surface area (Å²) in [6.45, 7) is 0. The Morgan fingerprint density at radius 2 is 1.65 bits per heavy atom. The maximum atomic E-state index is 6.08. The van der Waals surface area contributed by atoms with Gasteiger partial charge in [0.2, 0.25) is 0 Å². The standard InChI is InChI=1S/C15H11Cl2N3/c16-11-7-6-10(8-12(11)17)13-14(19-20-15(13)18)9-4-2-1-3-5-9/h1-8H,(H3,18,19,20). The van der Waals surface area contributed by atoms with Crippen LogP contribution >= 0.6 is 23.2 Å². The Labute approximate surface area is 126 Å². The molecule has 0 bridgehead atoms. The molecule has 0 spiro atoms. The number of H-pyrrole nitrogens is 1. The number of anilines is 1. The minimum Gasteiger partial charge on any atom is -0.382 e. The first-order chi connectivity index (χ1) is 9.66. The molecule has 0 saturated carbocycles. The Morgan fingerprint density at radius 3 is 2.35 bits per heavy atom. The van der Waals surface area contributed by atoms with Gasteiger partial charge in [0.25, 0.3) is 0 Å². The highest BCUT2D eigenvalue weighted by molar-refractivity contribution is 6.42. The molecule has 0 atom stereocenters. The van der Waals surface area contributed by atoms with Gasteiger partial charge in [0.15, 0.2) is 5.82 Å². The molecule has 1 heterocycles. The molecule has 0 aliphatic rings. The van der Waals surface area contributed by atoms with Crippen LogP contribution < -0.4 is 5.73 Å². The molecule has 20 heavy (non-hydrogen) atoms. The molecule has 3 aromatic rings. The third-order valence-corrected chi connectivity index (χ3v) is 3.80. The van der Waals surface area contributed by atoms with Crippen molar-refractivity contribution < 1.29 is 0 Å². The van der Waals surface area contributed by atoms with Crippen LogP contribution in [-0.4, -0.2) is 10.2 Å². The monoisotopic (exact) mass is 303 g/mol. The van der Waals surface area contributed by atoms with Crippen molar-refractivity contribution in [3.63, 3.8) is 0 Å². The number of nitrogens with two attached hydrogens (primary N) is 1. The quantitative estimate of drug-likeness (QED) is 0.725. The average molecular weight is 304 g/mol. The number of benzene rings is 2. The molecule has 0 aliphatic heterocycles. The molecule has 3 nitrogen and oxygen atoms in total. The largest absolute Gasteiger partial charge is 0.382 e. The number of aromatic amines is 1. The van der Waals surface area contributed by atoms with Crippen molar-refractivity contribution in [2.24, 2.45) is 0 Å². The number of nitrogens with one attached hydrogen (secondary N) is 1. The van der Waals surface area contributed by atoms with Gasteiger partial charge in [-0.3, -0.25) is 5.10 Å². The topological polar surface area (TPSA) is 54.7 Å². The Bertz CT molecular complexity index is 751. The number of hydrogen-bond acceptors (Lipinski definition) is 2. The van der Waals surface area contributed by atoms with Gasteiger partial charge in [0.1, 0.15) is 0 Å². The molecule has 2 aromatic carbocycles. The van der Waals surface area contributed by atoms with Crippen molar-refractivity contribution in [3.05, 3.63) is 58.6 Å². The molecule has 3 N–H and O–H groups in total. The molecule has 0 saturated heterocycles. The van der Waals surface area contributed by atoms with Crippen LogP contribution in [0.2, 0.25) is 10.0 Å². The zero-order valence-corrected chi connectivity index (χ0v) is 11.9. The first kappa shape index (κ1) is 13.0. The number of hydrogen-bond donors (Lipinski definition) is 2. The van der Waals surface area contributed by atoms with E-state index >= 15 is 0 Å². The lowest BCUT2D eigenvalue weighted by Crippen LogP contribution is -1.89. The molecule has 3 rings (SSSR count). The first-order valence-corrected chi connectivity index (χ1v) is 6.77. The van der Waals surface area contributed by atoms with Crippen LogP contribution in [0.3, 0.4) is 0 Å². The van der Waals surface area contributed by atoms with E-state index in [9.17, 15) is 0 Å². The third kappa shape index (κ3) is 2.26. The summed E-state index contributed by atoms with van der Waals surface area (Å²) in [7, 11) is 0. The third-order valence-electron chi connectivity index (χ3n) is 3.07. The molecule has 5 heteroatoms. The minimum absolute atomic E-state index is 0.433. The summed E-state index contributed by atoms with van der Waals surface area (Å²) in [5.41, 5.74) is 9.56. The zero-order chi connectivity index (χ0) is 14.1.